The van der Waals surface area contributed by atoms with Gasteiger partial charge in [-0.3, -0.25) is 4.79 Å². The maximum Gasteiger partial charge on any atom is 0.257 e. The van der Waals surface area contributed by atoms with Crippen LogP contribution in [0, 0.1) is 0 Å². The maximum atomic E-state index is 11.9. The van der Waals surface area contributed by atoms with E-state index >= 15 is 0 Å². The highest BCUT2D eigenvalue weighted by molar-refractivity contribution is 6.32. The van der Waals surface area contributed by atoms with Crippen LogP contribution in [0.5, 0.6) is 0 Å². The zero-order chi connectivity index (χ0) is 11.7. The van der Waals surface area contributed by atoms with E-state index in [0.29, 0.717) is 0 Å². The van der Waals surface area contributed by atoms with E-state index in [1.165, 1.54) is 11.1 Å². The highest BCUT2D eigenvalue weighted by atomic mass is 35.5. The van der Waals surface area contributed by atoms with E-state index in [4.69, 9.17) is 11.6 Å². The summed E-state index contributed by atoms with van der Waals surface area (Å²) in [6, 6.07) is 3.18. The Labute approximate surface area is 97.3 Å². The number of β-amino-alcohol motifs (C(OH)–C–C–N with tert-alkyl or cyclic N) is 2. The van der Waals surface area contributed by atoms with Crippen molar-refractivity contribution in [3.8, 4) is 0 Å². The van der Waals surface area contributed by atoms with E-state index in [2.05, 4.69) is 4.98 Å². The molecule has 0 saturated carbocycles. The van der Waals surface area contributed by atoms with Gasteiger partial charge in [0.25, 0.3) is 5.91 Å². The Hall–Kier alpha value is -1.17. The van der Waals surface area contributed by atoms with Crippen LogP contribution in [0.3, 0.4) is 0 Å². The van der Waals surface area contributed by atoms with Crippen LogP contribution in [-0.2, 0) is 0 Å². The summed E-state index contributed by atoms with van der Waals surface area (Å²) in [5.74, 6) is -0.325. The van der Waals surface area contributed by atoms with Gasteiger partial charge in [-0.15, -0.1) is 0 Å². The molecule has 2 rings (SSSR count). The maximum absolute atomic E-state index is 11.9. The number of likely N-dealkylation sites (tertiary alicyclic amines) is 1. The van der Waals surface area contributed by atoms with Crippen LogP contribution in [-0.4, -0.2) is 51.3 Å². The van der Waals surface area contributed by atoms with Crippen molar-refractivity contribution < 1.29 is 15.0 Å². The number of nitrogens with zero attached hydrogens (tertiary/aromatic N) is 2. The molecule has 1 aliphatic heterocycles. The minimum absolute atomic E-state index is 0.116. The number of carbonyl (C=O) groups is 1. The van der Waals surface area contributed by atoms with Crippen molar-refractivity contribution >= 4 is 17.5 Å². The Bertz CT molecular complexity index is 403. The summed E-state index contributed by atoms with van der Waals surface area (Å²) < 4.78 is 0. The van der Waals surface area contributed by atoms with Gasteiger partial charge in [0.05, 0.1) is 17.8 Å². The number of aliphatic hydroxyl groups is 2. The fourth-order valence-corrected chi connectivity index (χ4v) is 1.85. The van der Waals surface area contributed by atoms with E-state index in [0.717, 1.165) is 0 Å². The van der Waals surface area contributed by atoms with Gasteiger partial charge in [0, 0.05) is 19.3 Å². The Morgan fingerprint density at radius 1 is 1.44 bits per heavy atom. The molecule has 0 spiro atoms. The lowest BCUT2D eigenvalue weighted by atomic mass is 10.2. The number of hydrogen-bond acceptors (Lipinski definition) is 4. The monoisotopic (exact) mass is 242 g/mol. The van der Waals surface area contributed by atoms with E-state index in [1.54, 1.807) is 12.1 Å². The molecule has 2 heterocycles. The lowest BCUT2D eigenvalue weighted by Gasteiger charge is -2.15. The second-order valence-corrected chi connectivity index (χ2v) is 4.04. The van der Waals surface area contributed by atoms with Crippen LogP contribution < -0.4 is 0 Å². The average molecular weight is 243 g/mol. The van der Waals surface area contributed by atoms with Crippen molar-refractivity contribution in [1.29, 1.82) is 0 Å². The minimum Gasteiger partial charge on any atom is -0.388 e. The molecule has 16 heavy (non-hydrogen) atoms. The smallest absolute Gasteiger partial charge is 0.257 e. The van der Waals surface area contributed by atoms with Crippen molar-refractivity contribution in [1.82, 2.24) is 9.88 Å². The molecule has 1 aromatic rings. The van der Waals surface area contributed by atoms with Gasteiger partial charge in [-0.2, -0.15) is 0 Å². The van der Waals surface area contributed by atoms with Crippen LogP contribution in [0.1, 0.15) is 10.4 Å². The standard InChI is InChI=1S/C10H11ClN2O3/c11-9-6(2-1-3-12-9)10(16)13-4-7(14)8(15)5-13/h1-3,7-8,14-15H,4-5H2. The molecule has 86 valence electrons. The fourth-order valence-electron chi connectivity index (χ4n) is 1.65. The minimum atomic E-state index is -0.889. The van der Waals surface area contributed by atoms with Crippen LogP contribution in [0.2, 0.25) is 5.15 Å². The molecule has 1 aromatic heterocycles. The number of hydrogen-bond donors (Lipinski definition) is 2. The molecule has 2 atom stereocenters. The van der Waals surface area contributed by atoms with Crippen LogP contribution >= 0.6 is 11.6 Å². The fraction of sp³-hybridized carbons (Fsp3) is 0.400. The first-order chi connectivity index (χ1) is 7.59. The number of halogens is 1. The summed E-state index contributed by atoms with van der Waals surface area (Å²) in [5, 5.41) is 18.8. The predicted octanol–water partition coefficient (Wildman–Crippen LogP) is -0.0874. The lowest BCUT2D eigenvalue weighted by molar-refractivity contribution is 0.0572. The highest BCUT2D eigenvalue weighted by Gasteiger charge is 2.33. The van der Waals surface area contributed by atoms with Gasteiger partial charge in [-0.05, 0) is 12.1 Å². The number of aromatic nitrogens is 1. The van der Waals surface area contributed by atoms with E-state index in [1.807, 2.05) is 0 Å². The van der Waals surface area contributed by atoms with Gasteiger partial charge < -0.3 is 15.1 Å². The van der Waals surface area contributed by atoms with Crippen molar-refractivity contribution in [2.45, 2.75) is 12.2 Å². The van der Waals surface area contributed by atoms with Crippen LogP contribution in [0.15, 0.2) is 18.3 Å². The third-order valence-electron chi connectivity index (χ3n) is 2.54. The Morgan fingerprint density at radius 3 is 2.62 bits per heavy atom. The zero-order valence-corrected chi connectivity index (χ0v) is 9.13. The van der Waals surface area contributed by atoms with Gasteiger partial charge in [0.15, 0.2) is 0 Å². The Kier molecular flexibility index (Phi) is 3.09. The number of pyridine rings is 1. The molecule has 5 nitrogen and oxygen atoms in total. The van der Waals surface area contributed by atoms with Gasteiger partial charge >= 0.3 is 0 Å². The molecule has 1 aliphatic rings. The normalized spacial score (nSPS) is 24.8. The van der Waals surface area contributed by atoms with E-state index in [9.17, 15) is 15.0 Å². The van der Waals surface area contributed by atoms with E-state index in [-0.39, 0.29) is 29.7 Å². The first-order valence-electron chi connectivity index (χ1n) is 4.85. The molecular weight excluding hydrogens is 232 g/mol. The molecule has 0 bridgehead atoms. The number of carbonyl (C=O) groups excluding carboxylic acids is 1. The first kappa shape index (κ1) is 11.3. The molecule has 1 amide bonds. The zero-order valence-electron chi connectivity index (χ0n) is 8.38. The summed E-state index contributed by atoms with van der Waals surface area (Å²) in [5.41, 5.74) is 0.283. The number of aliphatic hydroxyl groups excluding tert-OH is 2. The van der Waals surface area contributed by atoms with Crippen molar-refractivity contribution in [2.75, 3.05) is 13.1 Å². The van der Waals surface area contributed by atoms with Gasteiger partial charge in [0.1, 0.15) is 5.15 Å². The summed E-state index contributed by atoms with van der Waals surface area (Å²) in [6.45, 7) is 0.233. The third kappa shape index (κ3) is 2.02. The molecule has 2 N–H and O–H groups in total. The quantitative estimate of drug-likeness (QED) is 0.676. The van der Waals surface area contributed by atoms with Gasteiger partial charge in [-0.1, -0.05) is 11.6 Å². The second kappa shape index (κ2) is 4.37. The molecule has 1 saturated heterocycles. The molecule has 0 aliphatic carbocycles. The largest absolute Gasteiger partial charge is 0.388 e. The summed E-state index contributed by atoms with van der Waals surface area (Å²) in [4.78, 5) is 17.1. The third-order valence-corrected chi connectivity index (χ3v) is 2.84. The summed E-state index contributed by atoms with van der Waals surface area (Å²) in [6.07, 6.45) is -0.286. The topological polar surface area (TPSA) is 73.7 Å². The summed E-state index contributed by atoms with van der Waals surface area (Å²) in [7, 11) is 0. The average Bonchev–Trinajstić information content (AvgIpc) is 2.59. The van der Waals surface area contributed by atoms with Crippen LogP contribution in [0.25, 0.3) is 0 Å². The SMILES string of the molecule is O=C(c1cccnc1Cl)N1CC(O)C(O)C1. The Balaban J connectivity index is 2.18. The molecular formula is C10H11ClN2O3. The van der Waals surface area contributed by atoms with E-state index < -0.39 is 12.2 Å². The second-order valence-electron chi connectivity index (χ2n) is 3.69. The van der Waals surface area contributed by atoms with Crippen molar-refractivity contribution in [3.05, 3.63) is 29.0 Å². The van der Waals surface area contributed by atoms with Crippen molar-refractivity contribution in [2.24, 2.45) is 0 Å². The van der Waals surface area contributed by atoms with Crippen LogP contribution in [0.4, 0.5) is 0 Å². The molecule has 0 radical (unpaired) electrons. The summed E-state index contributed by atoms with van der Waals surface area (Å²) >= 11 is 5.79. The van der Waals surface area contributed by atoms with Crippen molar-refractivity contribution in [3.63, 3.8) is 0 Å². The number of amides is 1. The number of rotatable bonds is 1. The molecule has 6 heteroatoms. The molecule has 0 aromatic carbocycles. The highest BCUT2D eigenvalue weighted by Crippen LogP contribution is 2.18. The van der Waals surface area contributed by atoms with Gasteiger partial charge in [0.2, 0.25) is 0 Å². The van der Waals surface area contributed by atoms with Gasteiger partial charge in [-0.25, -0.2) is 4.98 Å². The Morgan fingerprint density at radius 2 is 2.06 bits per heavy atom. The lowest BCUT2D eigenvalue weighted by Crippen LogP contribution is -2.30. The molecule has 1 fully saturated rings. The predicted molar refractivity (Wildman–Crippen MR) is 57.2 cm³/mol. The first-order valence-corrected chi connectivity index (χ1v) is 5.23. The molecule has 2 unspecified atom stereocenters.